The zero-order valence-corrected chi connectivity index (χ0v) is 16.3. The second-order valence-corrected chi connectivity index (χ2v) is 7.33. The molecular formula is C23H20N6. The van der Waals surface area contributed by atoms with Crippen LogP contribution in [0.2, 0.25) is 0 Å². The summed E-state index contributed by atoms with van der Waals surface area (Å²) in [4.78, 5) is 13.9. The molecule has 0 radical (unpaired) electrons. The van der Waals surface area contributed by atoms with Gasteiger partial charge in [0.25, 0.3) is 0 Å². The van der Waals surface area contributed by atoms with Crippen LogP contribution in [0, 0.1) is 0 Å². The minimum atomic E-state index is 0.273. The largest absolute Gasteiger partial charge is 0.258 e. The molecule has 0 unspecified atom stereocenters. The van der Waals surface area contributed by atoms with Crippen molar-refractivity contribution in [3.05, 3.63) is 78.1 Å². The molecule has 0 amide bonds. The van der Waals surface area contributed by atoms with Crippen LogP contribution in [0.15, 0.2) is 76.8 Å². The van der Waals surface area contributed by atoms with E-state index in [2.05, 4.69) is 64.5 Å². The Kier molecular flexibility index (Phi) is 4.24. The summed E-state index contributed by atoms with van der Waals surface area (Å²) in [6, 6.07) is 20.7. The second-order valence-electron chi connectivity index (χ2n) is 7.33. The first-order valence-electron chi connectivity index (χ1n) is 9.68. The molecule has 1 aliphatic rings. The molecule has 142 valence electrons. The lowest BCUT2D eigenvalue weighted by molar-refractivity contribution is 0.530. The number of hydrogen-bond donors (Lipinski definition) is 0. The van der Waals surface area contributed by atoms with E-state index >= 15 is 0 Å². The van der Waals surface area contributed by atoms with Crippen LogP contribution in [0.5, 0.6) is 0 Å². The van der Waals surface area contributed by atoms with Crippen LogP contribution < -0.4 is 0 Å². The monoisotopic (exact) mass is 380 g/mol. The number of nitrogens with zero attached hydrogens (tertiary/aromatic N) is 6. The van der Waals surface area contributed by atoms with Crippen LogP contribution in [0.3, 0.4) is 0 Å². The smallest absolute Gasteiger partial charge is 0.174 e. The van der Waals surface area contributed by atoms with Crippen molar-refractivity contribution in [3.63, 3.8) is 0 Å². The summed E-state index contributed by atoms with van der Waals surface area (Å²) in [5.74, 6) is 0.672. The van der Waals surface area contributed by atoms with Gasteiger partial charge in [-0.1, -0.05) is 47.7 Å². The lowest BCUT2D eigenvalue weighted by Crippen LogP contribution is -2.04. The van der Waals surface area contributed by atoms with Crippen molar-refractivity contribution >= 4 is 22.6 Å². The fourth-order valence-corrected chi connectivity index (χ4v) is 3.47. The van der Waals surface area contributed by atoms with Crippen molar-refractivity contribution in [2.45, 2.75) is 19.9 Å². The number of aromatic nitrogens is 4. The minimum Gasteiger partial charge on any atom is -0.258 e. The van der Waals surface area contributed by atoms with E-state index in [9.17, 15) is 0 Å². The third-order valence-electron chi connectivity index (χ3n) is 5.01. The van der Waals surface area contributed by atoms with Crippen molar-refractivity contribution in [2.24, 2.45) is 9.98 Å². The van der Waals surface area contributed by atoms with E-state index in [-0.39, 0.29) is 6.04 Å². The van der Waals surface area contributed by atoms with Gasteiger partial charge in [-0.3, -0.25) is 9.98 Å². The molecule has 6 nitrogen and oxygen atoms in total. The number of amidine groups is 1. The maximum Gasteiger partial charge on any atom is 0.174 e. The van der Waals surface area contributed by atoms with E-state index in [1.807, 2.05) is 41.2 Å². The Morgan fingerprint density at radius 2 is 1.72 bits per heavy atom. The van der Waals surface area contributed by atoms with Gasteiger partial charge in [0.15, 0.2) is 5.84 Å². The highest BCUT2D eigenvalue weighted by molar-refractivity contribution is 6.17. The maximum absolute atomic E-state index is 4.73. The van der Waals surface area contributed by atoms with E-state index in [0.29, 0.717) is 12.4 Å². The van der Waals surface area contributed by atoms with Crippen molar-refractivity contribution in [1.82, 2.24) is 20.0 Å². The van der Waals surface area contributed by atoms with Crippen LogP contribution in [-0.2, 0) is 0 Å². The Hall–Kier alpha value is -3.67. The Balaban J connectivity index is 1.40. The van der Waals surface area contributed by atoms with E-state index in [1.165, 1.54) is 0 Å². The highest BCUT2D eigenvalue weighted by atomic mass is 15.4. The Labute approximate surface area is 168 Å². The molecule has 5 rings (SSSR count). The van der Waals surface area contributed by atoms with E-state index in [4.69, 9.17) is 4.99 Å². The van der Waals surface area contributed by atoms with E-state index in [0.717, 1.165) is 39.1 Å². The lowest BCUT2D eigenvalue weighted by atomic mass is 10.1. The van der Waals surface area contributed by atoms with Gasteiger partial charge in [0.05, 0.1) is 17.8 Å². The SMILES string of the molecule is CC(C)n1nnc2cc(C3=NC(c4ccc(-c5ccccc5)cn4)=NC3)ccc21. The van der Waals surface area contributed by atoms with Crippen molar-refractivity contribution in [1.29, 1.82) is 0 Å². The summed E-state index contributed by atoms with van der Waals surface area (Å²) >= 11 is 0. The van der Waals surface area contributed by atoms with Crippen LogP contribution in [0.4, 0.5) is 0 Å². The van der Waals surface area contributed by atoms with Gasteiger partial charge in [-0.05, 0) is 37.6 Å². The summed E-state index contributed by atoms with van der Waals surface area (Å²) in [6.07, 6.45) is 1.87. The number of hydrogen-bond acceptors (Lipinski definition) is 5. The first-order valence-corrected chi connectivity index (χ1v) is 9.68. The molecule has 1 aliphatic heterocycles. The summed E-state index contributed by atoms with van der Waals surface area (Å²) in [5, 5.41) is 8.54. The van der Waals surface area contributed by atoms with Gasteiger partial charge in [-0.15, -0.1) is 5.10 Å². The van der Waals surface area contributed by atoms with E-state index < -0.39 is 0 Å². The number of aliphatic imine (C=N–C) groups is 2. The number of rotatable bonds is 4. The van der Waals surface area contributed by atoms with Gasteiger partial charge in [0, 0.05) is 23.4 Å². The Morgan fingerprint density at radius 3 is 2.48 bits per heavy atom. The van der Waals surface area contributed by atoms with Gasteiger partial charge >= 0.3 is 0 Å². The van der Waals surface area contributed by atoms with Crippen LogP contribution in [-0.4, -0.2) is 38.1 Å². The molecule has 0 spiro atoms. The molecule has 6 heteroatoms. The molecule has 0 bridgehead atoms. The quantitative estimate of drug-likeness (QED) is 0.529. The van der Waals surface area contributed by atoms with Crippen LogP contribution in [0.25, 0.3) is 22.2 Å². The third kappa shape index (κ3) is 3.23. The van der Waals surface area contributed by atoms with Gasteiger partial charge in [0.1, 0.15) is 11.2 Å². The highest BCUT2D eigenvalue weighted by Crippen LogP contribution is 2.21. The molecular weight excluding hydrogens is 360 g/mol. The molecule has 0 saturated carbocycles. The van der Waals surface area contributed by atoms with Crippen LogP contribution >= 0.6 is 0 Å². The fourth-order valence-electron chi connectivity index (χ4n) is 3.47. The topological polar surface area (TPSA) is 68.3 Å². The number of fused-ring (bicyclic) bond motifs is 1. The summed E-state index contributed by atoms with van der Waals surface area (Å²) in [7, 11) is 0. The van der Waals surface area contributed by atoms with Crippen molar-refractivity contribution in [2.75, 3.05) is 6.54 Å². The van der Waals surface area contributed by atoms with Gasteiger partial charge in [0.2, 0.25) is 0 Å². The predicted octanol–water partition coefficient (Wildman–Crippen LogP) is 4.32. The average molecular weight is 380 g/mol. The molecule has 0 N–H and O–H groups in total. The maximum atomic E-state index is 4.73. The fraction of sp³-hybridized carbons (Fsp3) is 0.174. The summed E-state index contributed by atoms with van der Waals surface area (Å²) in [5.41, 5.74) is 6.86. The average Bonchev–Trinajstić information content (AvgIpc) is 3.41. The minimum absolute atomic E-state index is 0.273. The molecule has 4 aromatic rings. The zero-order chi connectivity index (χ0) is 19.8. The molecule has 2 aromatic heterocycles. The molecule has 29 heavy (non-hydrogen) atoms. The van der Waals surface area contributed by atoms with Crippen molar-refractivity contribution < 1.29 is 0 Å². The number of benzene rings is 2. The first kappa shape index (κ1) is 17.4. The van der Waals surface area contributed by atoms with Crippen molar-refractivity contribution in [3.8, 4) is 11.1 Å². The van der Waals surface area contributed by atoms with Gasteiger partial charge in [-0.25, -0.2) is 9.67 Å². The molecule has 2 aromatic carbocycles. The first-order chi connectivity index (χ1) is 14.2. The molecule has 0 atom stereocenters. The van der Waals surface area contributed by atoms with Gasteiger partial charge in [-0.2, -0.15) is 0 Å². The second kappa shape index (κ2) is 7.05. The summed E-state index contributed by atoms with van der Waals surface area (Å²) < 4.78 is 1.93. The van der Waals surface area contributed by atoms with Crippen LogP contribution in [0.1, 0.15) is 31.1 Å². The summed E-state index contributed by atoms with van der Waals surface area (Å²) in [6.45, 7) is 4.74. The normalized spacial score (nSPS) is 13.8. The molecule has 0 fully saturated rings. The molecule has 0 saturated heterocycles. The Morgan fingerprint density at radius 1 is 0.897 bits per heavy atom. The zero-order valence-electron chi connectivity index (χ0n) is 16.3. The van der Waals surface area contributed by atoms with Gasteiger partial charge < -0.3 is 0 Å². The molecule has 0 aliphatic carbocycles. The highest BCUT2D eigenvalue weighted by Gasteiger charge is 2.17. The van der Waals surface area contributed by atoms with E-state index in [1.54, 1.807) is 0 Å². The Bertz CT molecular complexity index is 1230. The standard InChI is InChI=1S/C23H20N6/c1-15(2)29-22-11-9-17(12-20(22)27-28-29)21-14-25-23(26-21)19-10-8-18(13-24-19)16-6-4-3-5-7-16/h3-13,15H,14H2,1-2H3. The lowest BCUT2D eigenvalue weighted by Gasteiger charge is -2.05. The number of pyridine rings is 1. The molecule has 3 heterocycles. The third-order valence-corrected chi connectivity index (χ3v) is 5.01. The predicted molar refractivity (Wildman–Crippen MR) is 116 cm³/mol.